The van der Waals surface area contributed by atoms with Gasteiger partial charge in [-0.05, 0) is 42.8 Å². The van der Waals surface area contributed by atoms with Crippen LogP contribution in [0.3, 0.4) is 0 Å². The van der Waals surface area contributed by atoms with Crippen LogP contribution in [0.5, 0.6) is 0 Å². The van der Waals surface area contributed by atoms with E-state index in [0.717, 1.165) is 17.7 Å². The fourth-order valence-electron chi connectivity index (χ4n) is 1.73. The molecule has 0 aliphatic heterocycles. The van der Waals surface area contributed by atoms with Gasteiger partial charge in [0.1, 0.15) is 11.6 Å². The third-order valence-electron chi connectivity index (χ3n) is 2.49. The molecule has 0 saturated heterocycles. The standard InChI is InChI=1S/C14H9ClF2O/c1-8-5-9(7-10(15)6-8)14(18)13-11(16)3-2-4-12(13)17/h2-7H,1H3. The van der Waals surface area contributed by atoms with E-state index in [-0.39, 0.29) is 5.56 Å². The molecule has 0 unspecified atom stereocenters. The Labute approximate surface area is 108 Å². The lowest BCUT2D eigenvalue weighted by molar-refractivity contribution is 0.103. The lowest BCUT2D eigenvalue weighted by Crippen LogP contribution is -2.07. The Morgan fingerprint density at radius 2 is 1.72 bits per heavy atom. The van der Waals surface area contributed by atoms with Gasteiger partial charge in [-0.1, -0.05) is 17.7 Å². The van der Waals surface area contributed by atoms with Gasteiger partial charge < -0.3 is 0 Å². The quantitative estimate of drug-likeness (QED) is 0.746. The lowest BCUT2D eigenvalue weighted by Gasteiger charge is -2.05. The Morgan fingerprint density at radius 1 is 1.11 bits per heavy atom. The average Bonchev–Trinajstić information content (AvgIpc) is 2.27. The van der Waals surface area contributed by atoms with Gasteiger partial charge in [0.05, 0.1) is 5.56 Å². The molecule has 0 heterocycles. The smallest absolute Gasteiger partial charge is 0.198 e. The van der Waals surface area contributed by atoms with Crippen LogP contribution in [-0.4, -0.2) is 5.78 Å². The predicted octanol–water partition coefficient (Wildman–Crippen LogP) is 4.16. The summed E-state index contributed by atoms with van der Waals surface area (Å²) in [5, 5.41) is 0.357. The second-order valence-corrected chi connectivity index (χ2v) is 4.38. The highest BCUT2D eigenvalue weighted by molar-refractivity contribution is 6.31. The normalized spacial score (nSPS) is 10.4. The summed E-state index contributed by atoms with van der Waals surface area (Å²) in [5.41, 5.74) is 0.366. The Bertz CT molecular complexity index is 583. The van der Waals surface area contributed by atoms with Gasteiger partial charge in [0.25, 0.3) is 0 Å². The van der Waals surface area contributed by atoms with Crippen molar-refractivity contribution in [2.24, 2.45) is 0 Å². The van der Waals surface area contributed by atoms with Crippen LogP contribution in [0, 0.1) is 18.6 Å². The Morgan fingerprint density at radius 3 is 2.28 bits per heavy atom. The van der Waals surface area contributed by atoms with Gasteiger partial charge in [0, 0.05) is 10.6 Å². The van der Waals surface area contributed by atoms with Gasteiger partial charge in [-0.2, -0.15) is 0 Å². The first-order valence-electron chi connectivity index (χ1n) is 5.25. The molecule has 0 amide bonds. The van der Waals surface area contributed by atoms with Crippen molar-refractivity contribution in [1.29, 1.82) is 0 Å². The third kappa shape index (κ3) is 2.41. The average molecular weight is 267 g/mol. The van der Waals surface area contributed by atoms with Crippen molar-refractivity contribution < 1.29 is 13.6 Å². The van der Waals surface area contributed by atoms with Gasteiger partial charge >= 0.3 is 0 Å². The molecule has 0 aliphatic rings. The molecule has 2 aromatic carbocycles. The van der Waals surface area contributed by atoms with Gasteiger partial charge in [-0.25, -0.2) is 8.78 Å². The van der Waals surface area contributed by atoms with Crippen molar-refractivity contribution >= 4 is 17.4 Å². The SMILES string of the molecule is Cc1cc(Cl)cc(C(=O)c2c(F)cccc2F)c1. The van der Waals surface area contributed by atoms with Crippen LogP contribution < -0.4 is 0 Å². The van der Waals surface area contributed by atoms with Crippen LogP contribution in [0.25, 0.3) is 0 Å². The van der Waals surface area contributed by atoms with E-state index in [1.54, 1.807) is 19.1 Å². The minimum atomic E-state index is -0.877. The molecule has 2 aromatic rings. The summed E-state index contributed by atoms with van der Waals surface area (Å²) in [7, 11) is 0. The van der Waals surface area contributed by atoms with E-state index < -0.39 is 23.0 Å². The fourth-order valence-corrected chi connectivity index (χ4v) is 2.02. The van der Waals surface area contributed by atoms with E-state index in [4.69, 9.17) is 11.6 Å². The summed E-state index contributed by atoms with van der Waals surface area (Å²) in [5.74, 6) is -2.47. The van der Waals surface area contributed by atoms with Gasteiger partial charge in [-0.15, -0.1) is 0 Å². The molecule has 0 radical (unpaired) electrons. The summed E-state index contributed by atoms with van der Waals surface area (Å²) in [4.78, 5) is 12.1. The van der Waals surface area contributed by atoms with Crippen LogP contribution in [0.15, 0.2) is 36.4 Å². The summed E-state index contributed by atoms with van der Waals surface area (Å²) in [6, 6.07) is 7.91. The van der Waals surface area contributed by atoms with Crippen LogP contribution in [0.2, 0.25) is 5.02 Å². The van der Waals surface area contributed by atoms with Crippen molar-refractivity contribution in [2.75, 3.05) is 0 Å². The molecule has 92 valence electrons. The topological polar surface area (TPSA) is 17.1 Å². The number of carbonyl (C=O) groups is 1. The molecule has 0 fully saturated rings. The van der Waals surface area contributed by atoms with Crippen LogP contribution in [0.4, 0.5) is 8.78 Å². The van der Waals surface area contributed by atoms with Crippen molar-refractivity contribution in [1.82, 2.24) is 0 Å². The van der Waals surface area contributed by atoms with Gasteiger partial charge in [0.15, 0.2) is 5.78 Å². The van der Waals surface area contributed by atoms with E-state index in [0.29, 0.717) is 5.02 Å². The Balaban J connectivity index is 2.55. The number of rotatable bonds is 2. The molecule has 0 spiro atoms. The number of halogens is 3. The van der Waals surface area contributed by atoms with Crippen LogP contribution in [-0.2, 0) is 0 Å². The lowest BCUT2D eigenvalue weighted by atomic mass is 10.0. The first kappa shape index (κ1) is 12.7. The maximum absolute atomic E-state index is 13.5. The third-order valence-corrected chi connectivity index (χ3v) is 2.71. The molecule has 4 heteroatoms. The van der Waals surface area contributed by atoms with Crippen LogP contribution >= 0.6 is 11.6 Å². The summed E-state index contributed by atoms with van der Waals surface area (Å²) in [6.45, 7) is 1.75. The molecule has 0 N–H and O–H groups in total. The second kappa shape index (κ2) is 4.86. The maximum Gasteiger partial charge on any atom is 0.198 e. The molecule has 1 nitrogen and oxygen atoms in total. The second-order valence-electron chi connectivity index (χ2n) is 3.94. The van der Waals surface area contributed by atoms with Crippen molar-refractivity contribution in [2.45, 2.75) is 6.92 Å². The zero-order valence-electron chi connectivity index (χ0n) is 9.51. The number of ketones is 1. The molecule has 0 aliphatic carbocycles. The van der Waals surface area contributed by atoms with E-state index in [2.05, 4.69) is 0 Å². The number of aryl methyl sites for hydroxylation is 1. The highest BCUT2D eigenvalue weighted by Gasteiger charge is 2.19. The molecule has 18 heavy (non-hydrogen) atoms. The summed E-state index contributed by atoms with van der Waals surface area (Å²) >= 11 is 5.82. The molecule has 0 atom stereocenters. The maximum atomic E-state index is 13.5. The van der Waals surface area contributed by atoms with E-state index in [1.165, 1.54) is 12.1 Å². The summed E-state index contributed by atoms with van der Waals surface area (Å²) in [6.07, 6.45) is 0. The first-order valence-corrected chi connectivity index (χ1v) is 5.63. The van der Waals surface area contributed by atoms with Crippen molar-refractivity contribution in [3.05, 3.63) is 69.7 Å². The first-order chi connectivity index (χ1) is 8.49. The monoisotopic (exact) mass is 266 g/mol. The summed E-state index contributed by atoms with van der Waals surface area (Å²) < 4.78 is 27.0. The van der Waals surface area contributed by atoms with Gasteiger partial charge in [-0.3, -0.25) is 4.79 Å². The molecular weight excluding hydrogens is 258 g/mol. The highest BCUT2D eigenvalue weighted by Crippen LogP contribution is 2.21. The number of hydrogen-bond donors (Lipinski definition) is 0. The Hall–Kier alpha value is -1.74. The van der Waals surface area contributed by atoms with E-state index in [9.17, 15) is 13.6 Å². The molecule has 0 bridgehead atoms. The highest BCUT2D eigenvalue weighted by atomic mass is 35.5. The number of carbonyl (C=O) groups excluding carboxylic acids is 1. The molecule has 0 saturated carbocycles. The predicted molar refractivity (Wildman–Crippen MR) is 66.0 cm³/mol. The zero-order chi connectivity index (χ0) is 13.3. The van der Waals surface area contributed by atoms with Crippen molar-refractivity contribution in [3.63, 3.8) is 0 Å². The van der Waals surface area contributed by atoms with E-state index >= 15 is 0 Å². The zero-order valence-corrected chi connectivity index (χ0v) is 10.3. The van der Waals surface area contributed by atoms with Crippen molar-refractivity contribution in [3.8, 4) is 0 Å². The molecular formula is C14H9ClF2O. The van der Waals surface area contributed by atoms with Crippen LogP contribution in [0.1, 0.15) is 21.5 Å². The molecule has 0 aromatic heterocycles. The number of hydrogen-bond acceptors (Lipinski definition) is 1. The fraction of sp³-hybridized carbons (Fsp3) is 0.0714. The minimum Gasteiger partial charge on any atom is -0.288 e. The largest absolute Gasteiger partial charge is 0.288 e. The van der Waals surface area contributed by atoms with Gasteiger partial charge in [0.2, 0.25) is 0 Å². The minimum absolute atomic E-state index is 0.170. The molecule has 2 rings (SSSR count). The number of benzene rings is 2. The van der Waals surface area contributed by atoms with E-state index in [1.807, 2.05) is 0 Å². The Kier molecular flexibility index (Phi) is 3.43.